The molecule has 0 aliphatic carbocycles. The maximum atomic E-state index is 12.4. The Balaban J connectivity index is 2.16. The molecule has 1 heterocycles. The molecule has 1 aliphatic rings. The Hall–Kier alpha value is -1.69. The van der Waals surface area contributed by atoms with Crippen LogP contribution in [-0.4, -0.2) is 46.6 Å². The van der Waals surface area contributed by atoms with Crippen LogP contribution in [0.5, 0.6) is 0 Å². The number of nitrogens with one attached hydrogen (secondary N) is 1. The van der Waals surface area contributed by atoms with Crippen LogP contribution in [0.1, 0.15) is 18.9 Å². The van der Waals surface area contributed by atoms with E-state index in [-0.39, 0.29) is 12.1 Å². The second-order valence-electron chi connectivity index (χ2n) is 5.35. The third-order valence-corrected chi connectivity index (χ3v) is 5.05. The molecular formula is C15H20N2O3S. The number of benzene rings is 1. The van der Waals surface area contributed by atoms with E-state index in [0.29, 0.717) is 5.56 Å². The van der Waals surface area contributed by atoms with Crippen LogP contribution in [0.15, 0.2) is 30.3 Å². The van der Waals surface area contributed by atoms with E-state index in [2.05, 4.69) is 5.32 Å². The lowest BCUT2D eigenvalue weighted by Gasteiger charge is -2.31. The molecule has 2 atom stereocenters. The third kappa shape index (κ3) is 3.32. The van der Waals surface area contributed by atoms with Gasteiger partial charge in [0.2, 0.25) is 0 Å². The summed E-state index contributed by atoms with van der Waals surface area (Å²) in [5.74, 6) is 0.868. The van der Waals surface area contributed by atoms with Crippen molar-refractivity contribution in [3.05, 3.63) is 35.9 Å². The van der Waals surface area contributed by atoms with Gasteiger partial charge in [0.05, 0.1) is 0 Å². The zero-order valence-electron chi connectivity index (χ0n) is 12.2. The quantitative estimate of drug-likeness (QED) is 0.894. The minimum absolute atomic E-state index is 0.170. The number of carboxylic acid groups (broad SMARTS) is 1. The van der Waals surface area contributed by atoms with Gasteiger partial charge in [0, 0.05) is 18.8 Å². The Bertz CT molecular complexity index is 517. The normalized spacial score (nSPS) is 20.6. The molecule has 0 spiro atoms. The van der Waals surface area contributed by atoms with Crippen molar-refractivity contribution in [3.8, 4) is 0 Å². The number of hydrogen-bond acceptors (Lipinski definition) is 3. The first-order chi connectivity index (χ1) is 9.95. The number of nitrogens with zero attached hydrogens (tertiary/aromatic N) is 1. The first-order valence-corrected chi connectivity index (χ1v) is 8.02. The summed E-state index contributed by atoms with van der Waals surface area (Å²) in [6.45, 7) is 1.51. The predicted molar refractivity (Wildman–Crippen MR) is 83.5 cm³/mol. The summed E-state index contributed by atoms with van der Waals surface area (Å²) in [5, 5.41) is 12.2. The van der Waals surface area contributed by atoms with E-state index in [4.69, 9.17) is 0 Å². The van der Waals surface area contributed by atoms with Crippen molar-refractivity contribution in [2.45, 2.75) is 24.9 Å². The van der Waals surface area contributed by atoms with Gasteiger partial charge in [-0.05, 0) is 24.7 Å². The first-order valence-electron chi connectivity index (χ1n) is 6.87. The lowest BCUT2D eigenvalue weighted by molar-refractivity contribution is -0.144. The van der Waals surface area contributed by atoms with Gasteiger partial charge in [-0.3, -0.25) is 0 Å². The van der Waals surface area contributed by atoms with Crippen molar-refractivity contribution in [2.75, 3.05) is 18.6 Å². The highest BCUT2D eigenvalue weighted by molar-refractivity contribution is 7.99. The minimum atomic E-state index is -1.43. The van der Waals surface area contributed by atoms with Crippen molar-refractivity contribution in [1.29, 1.82) is 0 Å². The van der Waals surface area contributed by atoms with Crippen molar-refractivity contribution >= 4 is 23.8 Å². The van der Waals surface area contributed by atoms with Gasteiger partial charge in [-0.1, -0.05) is 30.3 Å². The van der Waals surface area contributed by atoms with E-state index >= 15 is 0 Å². The molecule has 114 valence electrons. The third-order valence-electron chi connectivity index (χ3n) is 3.91. The molecule has 6 heteroatoms. The van der Waals surface area contributed by atoms with E-state index in [9.17, 15) is 14.7 Å². The maximum absolute atomic E-state index is 12.4. The van der Waals surface area contributed by atoms with Crippen LogP contribution in [0.3, 0.4) is 0 Å². The van der Waals surface area contributed by atoms with Gasteiger partial charge < -0.3 is 15.3 Å². The highest BCUT2D eigenvalue weighted by Crippen LogP contribution is 2.24. The van der Waals surface area contributed by atoms with Gasteiger partial charge in [0.15, 0.2) is 5.54 Å². The van der Waals surface area contributed by atoms with Crippen LogP contribution in [0, 0.1) is 0 Å². The van der Waals surface area contributed by atoms with Crippen molar-refractivity contribution in [3.63, 3.8) is 0 Å². The van der Waals surface area contributed by atoms with Crippen molar-refractivity contribution in [2.24, 2.45) is 0 Å². The zero-order chi connectivity index (χ0) is 15.5. The standard InChI is InChI=1S/C15H20N2O3S/c1-15(13(18)19,11-6-4-3-5-7-11)16-14(20)17(2)12-8-9-21-10-12/h3-7,12H,8-10H2,1-2H3,(H,16,20)(H,18,19). The number of urea groups is 1. The van der Waals surface area contributed by atoms with Gasteiger partial charge in [-0.2, -0.15) is 11.8 Å². The van der Waals surface area contributed by atoms with Gasteiger partial charge in [0.1, 0.15) is 0 Å². The fourth-order valence-corrected chi connectivity index (χ4v) is 3.58. The first kappa shape index (κ1) is 15.7. The van der Waals surface area contributed by atoms with E-state index in [1.807, 2.05) is 17.8 Å². The van der Waals surface area contributed by atoms with Gasteiger partial charge in [0.25, 0.3) is 0 Å². The molecule has 2 amide bonds. The van der Waals surface area contributed by atoms with Crippen LogP contribution in [0.4, 0.5) is 4.79 Å². The molecule has 2 unspecified atom stereocenters. The maximum Gasteiger partial charge on any atom is 0.333 e. The minimum Gasteiger partial charge on any atom is -0.479 e. The molecule has 1 saturated heterocycles. The van der Waals surface area contributed by atoms with Gasteiger partial charge in [-0.15, -0.1) is 0 Å². The number of hydrogen-bond donors (Lipinski definition) is 2. The molecule has 1 fully saturated rings. The van der Waals surface area contributed by atoms with E-state index < -0.39 is 11.5 Å². The van der Waals surface area contributed by atoms with Crippen molar-refractivity contribution < 1.29 is 14.7 Å². The summed E-state index contributed by atoms with van der Waals surface area (Å²) in [5.41, 5.74) is -0.877. The smallest absolute Gasteiger partial charge is 0.333 e. The van der Waals surface area contributed by atoms with E-state index in [1.54, 1.807) is 36.2 Å². The predicted octanol–water partition coefficient (Wildman–Crippen LogP) is 2.13. The number of thioether (sulfide) groups is 1. The Morgan fingerprint density at radius 1 is 1.38 bits per heavy atom. The molecular weight excluding hydrogens is 288 g/mol. The summed E-state index contributed by atoms with van der Waals surface area (Å²) in [4.78, 5) is 25.6. The van der Waals surface area contributed by atoms with E-state index in [1.165, 1.54) is 6.92 Å². The van der Waals surface area contributed by atoms with Crippen LogP contribution in [0.2, 0.25) is 0 Å². The number of carbonyl (C=O) groups is 2. The molecule has 0 radical (unpaired) electrons. The molecule has 0 saturated carbocycles. The molecule has 1 aromatic carbocycles. The monoisotopic (exact) mass is 308 g/mol. The second-order valence-corrected chi connectivity index (χ2v) is 6.50. The molecule has 5 nitrogen and oxygen atoms in total. The molecule has 1 aromatic rings. The zero-order valence-corrected chi connectivity index (χ0v) is 13.0. The number of rotatable bonds is 4. The largest absolute Gasteiger partial charge is 0.479 e. The summed E-state index contributed by atoms with van der Waals surface area (Å²) in [6.07, 6.45) is 0.948. The van der Waals surface area contributed by atoms with Crippen molar-refractivity contribution in [1.82, 2.24) is 10.2 Å². The topological polar surface area (TPSA) is 69.6 Å². The van der Waals surface area contributed by atoms with Crippen LogP contribution in [-0.2, 0) is 10.3 Å². The van der Waals surface area contributed by atoms with Crippen LogP contribution >= 0.6 is 11.8 Å². The van der Waals surface area contributed by atoms with E-state index in [0.717, 1.165) is 17.9 Å². The average molecular weight is 308 g/mol. The fraction of sp³-hybridized carbons (Fsp3) is 0.467. The van der Waals surface area contributed by atoms with Gasteiger partial charge in [-0.25, -0.2) is 9.59 Å². The van der Waals surface area contributed by atoms with Crippen LogP contribution < -0.4 is 5.32 Å². The molecule has 21 heavy (non-hydrogen) atoms. The second kappa shape index (κ2) is 6.39. The number of carboxylic acids is 1. The summed E-state index contributed by atoms with van der Waals surface area (Å²) in [7, 11) is 1.72. The average Bonchev–Trinajstić information content (AvgIpc) is 3.01. The Kier molecular flexibility index (Phi) is 4.77. The highest BCUT2D eigenvalue weighted by atomic mass is 32.2. The Labute approximate surface area is 128 Å². The lowest BCUT2D eigenvalue weighted by atomic mass is 9.92. The molecule has 2 N–H and O–H groups in total. The molecule has 1 aliphatic heterocycles. The summed E-state index contributed by atoms with van der Waals surface area (Å²) < 4.78 is 0. The Morgan fingerprint density at radius 2 is 2.05 bits per heavy atom. The summed E-state index contributed by atoms with van der Waals surface area (Å²) >= 11 is 1.81. The summed E-state index contributed by atoms with van der Waals surface area (Å²) in [6, 6.07) is 8.58. The Morgan fingerprint density at radius 3 is 2.57 bits per heavy atom. The van der Waals surface area contributed by atoms with Gasteiger partial charge >= 0.3 is 12.0 Å². The number of amides is 2. The van der Waals surface area contributed by atoms with Crippen LogP contribution in [0.25, 0.3) is 0 Å². The fourth-order valence-electron chi connectivity index (χ4n) is 2.32. The highest BCUT2D eigenvalue weighted by Gasteiger charge is 2.38. The lowest BCUT2D eigenvalue weighted by Crippen LogP contribution is -2.55. The number of carbonyl (C=O) groups excluding carboxylic acids is 1. The molecule has 2 rings (SSSR count). The SMILES string of the molecule is CN(C(=O)NC(C)(C(=O)O)c1ccccc1)C1CCSC1. The molecule has 0 bridgehead atoms. The molecule has 0 aromatic heterocycles. The number of aliphatic carboxylic acids is 1.